The maximum Gasteiger partial charge on any atom is 0.251 e. The molecule has 2 saturated heterocycles. The Morgan fingerprint density at radius 2 is 1.82 bits per heavy atom. The molecule has 208 valence electrons. The molecular weight excluding hydrogens is 505 g/mol. The highest BCUT2D eigenvalue weighted by Crippen LogP contribution is 2.31. The summed E-state index contributed by atoms with van der Waals surface area (Å²) in [6, 6.07) is 20.8. The van der Waals surface area contributed by atoms with Crippen LogP contribution in [0.25, 0.3) is 22.2 Å². The standard InChI is InChI=1S/C32H36FN5O2/c1-21(2)17-30(26-5-3-4-6-28(26)33)34-32(39)23-9-12-29-27(18-23)31(36-35-29)22-7-10-24(11-8-22)38-19-25(20-38)37-13-15-40-16-14-37/h3-12,18,21,25,30H,13-17,19-20H2,1-2H3,(H,34,39)(H,35,36)/t30-/m0/s1. The molecule has 4 aromatic rings. The molecule has 0 radical (unpaired) electrons. The Balaban J connectivity index is 1.18. The molecule has 2 N–H and O–H groups in total. The first kappa shape index (κ1) is 26.5. The van der Waals surface area contributed by atoms with Crippen molar-refractivity contribution in [1.29, 1.82) is 0 Å². The quantitative estimate of drug-likeness (QED) is 0.312. The van der Waals surface area contributed by atoms with Crippen molar-refractivity contribution in [3.05, 3.63) is 83.7 Å². The third-order valence-corrected chi connectivity index (χ3v) is 8.05. The molecule has 2 aliphatic rings. The van der Waals surface area contributed by atoms with E-state index in [9.17, 15) is 9.18 Å². The van der Waals surface area contributed by atoms with Crippen LogP contribution in [-0.4, -0.2) is 66.4 Å². The lowest BCUT2D eigenvalue weighted by molar-refractivity contribution is 0.0105. The second kappa shape index (κ2) is 11.4. The van der Waals surface area contributed by atoms with Gasteiger partial charge in [-0.15, -0.1) is 0 Å². The number of H-pyrrole nitrogens is 1. The summed E-state index contributed by atoms with van der Waals surface area (Å²) in [5.74, 6) is -0.248. The van der Waals surface area contributed by atoms with E-state index in [2.05, 4.69) is 63.4 Å². The molecule has 0 bridgehead atoms. The molecule has 0 unspecified atom stereocenters. The number of anilines is 1. The molecule has 3 heterocycles. The minimum Gasteiger partial charge on any atom is -0.379 e. The number of hydrogen-bond acceptors (Lipinski definition) is 5. The summed E-state index contributed by atoms with van der Waals surface area (Å²) in [4.78, 5) is 18.3. The first-order chi connectivity index (χ1) is 19.5. The zero-order valence-corrected chi connectivity index (χ0v) is 23.1. The number of rotatable bonds is 8. The van der Waals surface area contributed by atoms with Gasteiger partial charge in [-0.1, -0.05) is 44.2 Å². The first-order valence-corrected chi connectivity index (χ1v) is 14.2. The van der Waals surface area contributed by atoms with Gasteiger partial charge in [-0.2, -0.15) is 5.10 Å². The van der Waals surface area contributed by atoms with Crippen LogP contribution in [-0.2, 0) is 4.74 Å². The minimum absolute atomic E-state index is 0.231. The molecule has 7 nitrogen and oxygen atoms in total. The van der Waals surface area contributed by atoms with Crippen LogP contribution in [0.1, 0.15) is 42.2 Å². The Kier molecular flexibility index (Phi) is 7.54. The van der Waals surface area contributed by atoms with E-state index >= 15 is 0 Å². The van der Waals surface area contributed by atoms with Crippen molar-refractivity contribution in [1.82, 2.24) is 20.4 Å². The number of amides is 1. The van der Waals surface area contributed by atoms with Gasteiger partial charge in [0.2, 0.25) is 0 Å². The average Bonchev–Trinajstić information content (AvgIpc) is 3.36. The molecule has 0 saturated carbocycles. The number of carbonyl (C=O) groups is 1. The van der Waals surface area contributed by atoms with Crippen molar-refractivity contribution >= 4 is 22.5 Å². The molecule has 6 rings (SSSR count). The van der Waals surface area contributed by atoms with E-state index in [0.29, 0.717) is 23.6 Å². The fourth-order valence-corrected chi connectivity index (χ4v) is 5.78. The molecule has 2 aliphatic heterocycles. The number of nitrogens with zero attached hydrogens (tertiary/aromatic N) is 3. The fraction of sp³-hybridized carbons (Fsp3) is 0.375. The first-order valence-electron chi connectivity index (χ1n) is 14.2. The van der Waals surface area contributed by atoms with Gasteiger partial charge in [0, 0.05) is 60.0 Å². The summed E-state index contributed by atoms with van der Waals surface area (Å²) >= 11 is 0. The van der Waals surface area contributed by atoms with E-state index < -0.39 is 6.04 Å². The maximum absolute atomic E-state index is 14.6. The maximum atomic E-state index is 14.6. The molecule has 2 fully saturated rings. The third kappa shape index (κ3) is 5.46. The van der Waals surface area contributed by atoms with E-state index in [1.807, 2.05) is 12.1 Å². The largest absolute Gasteiger partial charge is 0.379 e. The predicted molar refractivity (Wildman–Crippen MR) is 156 cm³/mol. The molecule has 8 heteroatoms. The van der Waals surface area contributed by atoms with E-state index in [-0.39, 0.29) is 17.6 Å². The number of halogens is 1. The summed E-state index contributed by atoms with van der Waals surface area (Å²) in [6.45, 7) is 9.91. The molecule has 0 spiro atoms. The van der Waals surface area contributed by atoms with Gasteiger partial charge in [0.1, 0.15) is 5.82 Å². The van der Waals surface area contributed by atoms with Crippen LogP contribution in [0.3, 0.4) is 0 Å². The SMILES string of the molecule is CC(C)C[C@H](NC(=O)c1ccc2[nH]nc(-c3ccc(N4CC(N5CCOCC5)C4)cc3)c2c1)c1ccccc1F. The summed E-state index contributed by atoms with van der Waals surface area (Å²) in [5.41, 5.74) is 4.89. The summed E-state index contributed by atoms with van der Waals surface area (Å²) < 4.78 is 20.1. The summed E-state index contributed by atoms with van der Waals surface area (Å²) in [6.07, 6.45) is 0.641. The number of morpholine rings is 1. The third-order valence-electron chi connectivity index (χ3n) is 8.05. The summed E-state index contributed by atoms with van der Waals surface area (Å²) in [5, 5.41) is 11.6. The van der Waals surface area contributed by atoms with E-state index in [1.54, 1.807) is 24.3 Å². The van der Waals surface area contributed by atoms with Gasteiger partial charge < -0.3 is 15.0 Å². The van der Waals surface area contributed by atoms with Gasteiger partial charge in [-0.05, 0) is 48.7 Å². The molecule has 0 aliphatic carbocycles. The molecular formula is C32H36FN5O2. The van der Waals surface area contributed by atoms with Crippen LogP contribution in [0, 0.1) is 11.7 Å². The highest BCUT2D eigenvalue weighted by molar-refractivity contribution is 6.01. The van der Waals surface area contributed by atoms with Gasteiger partial charge >= 0.3 is 0 Å². The lowest BCUT2D eigenvalue weighted by Gasteiger charge is -2.47. The van der Waals surface area contributed by atoms with Crippen LogP contribution in [0.2, 0.25) is 0 Å². The number of ether oxygens (including phenoxy) is 1. The normalized spacial score (nSPS) is 17.2. The monoisotopic (exact) mass is 541 g/mol. The van der Waals surface area contributed by atoms with Crippen LogP contribution in [0.5, 0.6) is 0 Å². The van der Waals surface area contributed by atoms with Crippen LogP contribution in [0.15, 0.2) is 66.7 Å². The fourth-order valence-electron chi connectivity index (χ4n) is 5.78. The second-order valence-electron chi connectivity index (χ2n) is 11.3. The van der Waals surface area contributed by atoms with Crippen molar-refractivity contribution in [2.24, 2.45) is 5.92 Å². The molecule has 40 heavy (non-hydrogen) atoms. The predicted octanol–water partition coefficient (Wildman–Crippen LogP) is 5.41. The van der Waals surface area contributed by atoms with Gasteiger partial charge in [-0.25, -0.2) is 4.39 Å². The van der Waals surface area contributed by atoms with E-state index in [1.165, 1.54) is 11.8 Å². The average molecular weight is 542 g/mol. The zero-order chi connectivity index (χ0) is 27.6. The van der Waals surface area contributed by atoms with Crippen molar-refractivity contribution in [3.8, 4) is 11.3 Å². The van der Waals surface area contributed by atoms with Gasteiger partial charge in [0.25, 0.3) is 5.91 Å². The van der Waals surface area contributed by atoms with E-state index in [0.717, 1.165) is 61.6 Å². The number of aromatic amines is 1. The zero-order valence-electron chi connectivity index (χ0n) is 23.1. The van der Waals surface area contributed by atoms with Crippen LogP contribution >= 0.6 is 0 Å². The Labute approximate surface area is 234 Å². The molecule has 1 aromatic heterocycles. The van der Waals surface area contributed by atoms with E-state index in [4.69, 9.17) is 4.74 Å². The number of hydrogen-bond donors (Lipinski definition) is 2. The van der Waals surface area contributed by atoms with Gasteiger partial charge in [-0.3, -0.25) is 14.8 Å². The van der Waals surface area contributed by atoms with Crippen molar-refractivity contribution in [2.75, 3.05) is 44.3 Å². The second-order valence-corrected chi connectivity index (χ2v) is 11.3. The number of nitrogens with one attached hydrogen (secondary N) is 2. The number of fused-ring (bicyclic) bond motifs is 1. The van der Waals surface area contributed by atoms with Gasteiger partial charge in [0.15, 0.2) is 0 Å². The molecule has 1 amide bonds. The highest BCUT2D eigenvalue weighted by atomic mass is 19.1. The highest BCUT2D eigenvalue weighted by Gasteiger charge is 2.32. The topological polar surface area (TPSA) is 73.5 Å². The summed E-state index contributed by atoms with van der Waals surface area (Å²) in [7, 11) is 0. The Morgan fingerprint density at radius 1 is 1.07 bits per heavy atom. The minimum atomic E-state index is -0.412. The Bertz CT molecular complexity index is 1470. The van der Waals surface area contributed by atoms with Crippen LogP contribution < -0.4 is 10.2 Å². The van der Waals surface area contributed by atoms with Gasteiger partial charge in [0.05, 0.1) is 30.5 Å². The Hall–Kier alpha value is -3.75. The van der Waals surface area contributed by atoms with Crippen LogP contribution in [0.4, 0.5) is 10.1 Å². The molecule has 1 atom stereocenters. The lowest BCUT2D eigenvalue weighted by Crippen LogP contribution is -2.61. The Morgan fingerprint density at radius 3 is 2.55 bits per heavy atom. The van der Waals surface area contributed by atoms with Crippen molar-refractivity contribution < 1.29 is 13.9 Å². The number of benzene rings is 3. The number of aromatic nitrogens is 2. The lowest BCUT2D eigenvalue weighted by atomic mass is 9.96. The van der Waals surface area contributed by atoms with Crippen molar-refractivity contribution in [2.45, 2.75) is 32.4 Å². The smallest absolute Gasteiger partial charge is 0.251 e. The van der Waals surface area contributed by atoms with Crippen molar-refractivity contribution in [3.63, 3.8) is 0 Å². The molecule has 3 aromatic carbocycles. The number of carbonyl (C=O) groups excluding carboxylic acids is 1.